The zero-order valence-corrected chi connectivity index (χ0v) is 22.9. The normalized spacial score (nSPS) is 22.9. The van der Waals surface area contributed by atoms with E-state index >= 15 is 0 Å². The largest absolute Gasteiger partial charge is 0.466 e. The maximum Gasteiger partial charge on any atom is 0.416 e. The van der Waals surface area contributed by atoms with Crippen LogP contribution in [0.2, 0.25) is 18.1 Å². The van der Waals surface area contributed by atoms with Gasteiger partial charge in [0.25, 0.3) is 0 Å². The third-order valence-electron chi connectivity index (χ3n) is 7.21. The van der Waals surface area contributed by atoms with Crippen molar-refractivity contribution in [2.75, 3.05) is 6.61 Å². The molecule has 0 bridgehead atoms. The van der Waals surface area contributed by atoms with Crippen LogP contribution in [0, 0.1) is 5.92 Å². The highest BCUT2D eigenvalue weighted by atomic mass is 28.4. The minimum absolute atomic E-state index is 0.0133. The van der Waals surface area contributed by atoms with Gasteiger partial charge < -0.3 is 14.3 Å². The van der Waals surface area contributed by atoms with Crippen LogP contribution in [0.15, 0.2) is 36.4 Å². The number of rotatable bonds is 9. The molecule has 8 heteroatoms. The molecule has 1 saturated carbocycles. The molecule has 0 saturated heterocycles. The van der Waals surface area contributed by atoms with Gasteiger partial charge in [0.15, 0.2) is 8.32 Å². The minimum Gasteiger partial charge on any atom is -0.466 e. The standard InChI is InChI=1S/C27H41F3O4Si/c1-7-33-24(31)19-26(32)16-8-9-21(18-26)12-15-23(34-35(5,6)25(2,3)4)17-20-10-13-22(14-11-20)27(28,29)30/h10-15,21,23,32H,7-9,16-19H2,1-6H3/b15-12+. The number of carbonyl (C=O) groups is 1. The number of esters is 1. The van der Waals surface area contributed by atoms with Crippen molar-refractivity contribution in [1.82, 2.24) is 0 Å². The van der Waals surface area contributed by atoms with Crippen LogP contribution in [0.3, 0.4) is 0 Å². The van der Waals surface area contributed by atoms with Gasteiger partial charge in [-0.15, -0.1) is 0 Å². The van der Waals surface area contributed by atoms with E-state index in [1.807, 2.05) is 6.08 Å². The van der Waals surface area contributed by atoms with Gasteiger partial charge in [-0.25, -0.2) is 0 Å². The maximum absolute atomic E-state index is 13.0. The third kappa shape index (κ3) is 9.06. The van der Waals surface area contributed by atoms with Crippen LogP contribution in [-0.2, 0) is 26.6 Å². The molecular weight excluding hydrogens is 473 g/mol. The van der Waals surface area contributed by atoms with Gasteiger partial charge in [-0.05, 0) is 74.4 Å². The molecular formula is C27H41F3O4Si. The Morgan fingerprint density at radius 2 is 1.86 bits per heavy atom. The van der Waals surface area contributed by atoms with Gasteiger partial charge in [0.2, 0.25) is 0 Å². The molecule has 0 radical (unpaired) electrons. The van der Waals surface area contributed by atoms with Gasteiger partial charge in [-0.2, -0.15) is 13.2 Å². The van der Waals surface area contributed by atoms with E-state index in [9.17, 15) is 23.1 Å². The van der Waals surface area contributed by atoms with E-state index in [-0.39, 0.29) is 36.1 Å². The van der Waals surface area contributed by atoms with Crippen LogP contribution in [0.5, 0.6) is 0 Å². The van der Waals surface area contributed by atoms with E-state index in [0.29, 0.717) is 19.3 Å². The number of aliphatic hydroxyl groups is 1. The average molecular weight is 515 g/mol. The van der Waals surface area contributed by atoms with Gasteiger partial charge in [0, 0.05) is 6.42 Å². The van der Waals surface area contributed by atoms with Crippen LogP contribution >= 0.6 is 0 Å². The first kappa shape index (κ1) is 29.6. The number of allylic oxidation sites excluding steroid dienone is 1. The zero-order valence-electron chi connectivity index (χ0n) is 21.9. The molecule has 0 aromatic heterocycles. The second-order valence-electron chi connectivity index (χ2n) is 11.3. The summed E-state index contributed by atoms with van der Waals surface area (Å²) < 4.78 is 50.6. The molecule has 1 N–H and O–H groups in total. The Labute approximate surface area is 209 Å². The molecule has 0 spiro atoms. The smallest absolute Gasteiger partial charge is 0.416 e. The molecule has 0 amide bonds. The second-order valence-corrected chi connectivity index (χ2v) is 16.0. The first-order valence-electron chi connectivity index (χ1n) is 12.4. The molecule has 198 valence electrons. The number of alkyl halides is 3. The maximum atomic E-state index is 13.0. The molecule has 4 nitrogen and oxygen atoms in total. The quantitative estimate of drug-likeness (QED) is 0.218. The summed E-state index contributed by atoms with van der Waals surface area (Å²) in [7, 11) is -2.15. The van der Waals surface area contributed by atoms with Crippen LogP contribution in [0.4, 0.5) is 13.2 Å². The van der Waals surface area contributed by atoms with E-state index in [0.717, 1.165) is 30.5 Å². The fourth-order valence-corrected chi connectivity index (χ4v) is 5.51. The summed E-state index contributed by atoms with van der Waals surface area (Å²) in [5, 5.41) is 10.9. The number of benzene rings is 1. The summed E-state index contributed by atoms with van der Waals surface area (Å²) in [6.45, 7) is 12.8. The van der Waals surface area contributed by atoms with E-state index in [2.05, 4.69) is 39.9 Å². The summed E-state index contributed by atoms with van der Waals surface area (Å²) in [6, 6.07) is 5.24. The van der Waals surface area contributed by atoms with Crippen molar-refractivity contribution in [2.45, 2.75) is 102 Å². The Hall–Kier alpha value is -1.64. The Bertz CT molecular complexity index is 859. The topological polar surface area (TPSA) is 55.8 Å². The first-order valence-corrected chi connectivity index (χ1v) is 15.4. The van der Waals surface area contributed by atoms with Crippen molar-refractivity contribution >= 4 is 14.3 Å². The Balaban J connectivity index is 2.19. The van der Waals surface area contributed by atoms with E-state index in [1.54, 1.807) is 6.92 Å². The summed E-state index contributed by atoms with van der Waals surface area (Å²) in [6.07, 6.45) is 2.56. The number of halogens is 3. The lowest BCUT2D eigenvalue weighted by atomic mass is 9.76. The predicted molar refractivity (Wildman–Crippen MR) is 135 cm³/mol. The number of hydrogen-bond acceptors (Lipinski definition) is 4. The fraction of sp³-hybridized carbons (Fsp3) is 0.667. The third-order valence-corrected chi connectivity index (χ3v) is 11.7. The zero-order chi connectivity index (χ0) is 26.5. The monoisotopic (exact) mass is 514 g/mol. The lowest BCUT2D eigenvalue weighted by Crippen LogP contribution is -2.44. The van der Waals surface area contributed by atoms with Crippen molar-refractivity contribution in [3.05, 3.63) is 47.5 Å². The Morgan fingerprint density at radius 1 is 1.23 bits per heavy atom. The van der Waals surface area contributed by atoms with Gasteiger partial charge in [-0.3, -0.25) is 4.79 Å². The number of carbonyl (C=O) groups excluding carboxylic acids is 1. The summed E-state index contributed by atoms with van der Waals surface area (Å²) in [4.78, 5) is 11.9. The molecule has 0 aliphatic heterocycles. The molecule has 1 fully saturated rings. The van der Waals surface area contributed by atoms with Crippen LogP contribution in [0.1, 0.15) is 70.9 Å². The summed E-state index contributed by atoms with van der Waals surface area (Å²) in [5.41, 5.74) is -0.974. The highest BCUT2D eigenvalue weighted by molar-refractivity contribution is 6.74. The Kier molecular flexibility index (Phi) is 9.81. The van der Waals surface area contributed by atoms with Crippen molar-refractivity contribution in [2.24, 2.45) is 5.92 Å². The molecule has 35 heavy (non-hydrogen) atoms. The molecule has 1 aromatic carbocycles. The lowest BCUT2D eigenvalue weighted by molar-refractivity contribution is -0.150. The van der Waals surface area contributed by atoms with Crippen molar-refractivity contribution in [3.8, 4) is 0 Å². The SMILES string of the molecule is CCOC(=O)CC1(O)CCCC(/C=C/C(Cc2ccc(C(F)(F)F)cc2)O[Si](C)(C)C(C)(C)C)C1. The highest BCUT2D eigenvalue weighted by Crippen LogP contribution is 2.39. The fourth-order valence-electron chi connectivity index (χ4n) is 4.24. The molecule has 0 heterocycles. The first-order chi connectivity index (χ1) is 16.0. The van der Waals surface area contributed by atoms with Crippen molar-refractivity contribution in [3.63, 3.8) is 0 Å². The van der Waals surface area contributed by atoms with E-state index in [1.165, 1.54) is 12.1 Å². The van der Waals surface area contributed by atoms with Gasteiger partial charge >= 0.3 is 12.1 Å². The van der Waals surface area contributed by atoms with Crippen LogP contribution < -0.4 is 0 Å². The Morgan fingerprint density at radius 3 is 2.40 bits per heavy atom. The molecule has 3 unspecified atom stereocenters. The molecule has 3 atom stereocenters. The number of hydrogen-bond donors (Lipinski definition) is 1. The molecule has 1 aromatic rings. The van der Waals surface area contributed by atoms with E-state index < -0.39 is 25.7 Å². The van der Waals surface area contributed by atoms with Gasteiger partial charge in [0.1, 0.15) is 0 Å². The summed E-state index contributed by atoms with van der Waals surface area (Å²) >= 11 is 0. The van der Waals surface area contributed by atoms with Crippen molar-refractivity contribution < 1.29 is 32.2 Å². The molecule has 1 aliphatic rings. The summed E-state index contributed by atoms with van der Waals surface area (Å²) in [5.74, 6) is -0.303. The van der Waals surface area contributed by atoms with Crippen molar-refractivity contribution in [1.29, 1.82) is 0 Å². The lowest BCUT2D eigenvalue weighted by Gasteiger charge is -2.39. The average Bonchev–Trinajstić information content (AvgIpc) is 2.70. The molecule has 1 aliphatic carbocycles. The molecule has 2 rings (SSSR count). The second kappa shape index (κ2) is 11.6. The highest BCUT2D eigenvalue weighted by Gasteiger charge is 2.39. The van der Waals surface area contributed by atoms with Crippen LogP contribution in [-0.4, -0.2) is 37.7 Å². The van der Waals surface area contributed by atoms with Gasteiger partial charge in [-0.1, -0.05) is 45.1 Å². The minimum atomic E-state index is -4.36. The number of ether oxygens (including phenoxy) is 1. The van der Waals surface area contributed by atoms with Crippen LogP contribution in [0.25, 0.3) is 0 Å². The van der Waals surface area contributed by atoms with E-state index in [4.69, 9.17) is 9.16 Å². The predicted octanol–water partition coefficient (Wildman–Crippen LogP) is 7.07. The van der Waals surface area contributed by atoms with Gasteiger partial charge in [0.05, 0.1) is 30.3 Å².